The maximum Gasteiger partial charge on any atom is 0.454 e. The van der Waals surface area contributed by atoms with Crippen LogP contribution in [0.1, 0.15) is 30.6 Å². The fourth-order valence-electron chi connectivity index (χ4n) is 2.51. The number of hydrazone groups is 1. The first-order valence-corrected chi connectivity index (χ1v) is 7.99. The van der Waals surface area contributed by atoms with Gasteiger partial charge in [0.15, 0.2) is 0 Å². The number of amides is 1. The highest BCUT2D eigenvalue weighted by Gasteiger charge is 2.62. The van der Waals surface area contributed by atoms with Crippen molar-refractivity contribution in [1.29, 1.82) is 0 Å². The minimum Gasteiger partial charge on any atom is -0.362 e. The highest BCUT2D eigenvalue weighted by atomic mass is 19.4. The molecule has 6 nitrogen and oxygen atoms in total. The number of allylic oxidation sites excluding steroid dienone is 2. The number of halogens is 6. The lowest BCUT2D eigenvalue weighted by atomic mass is 10.1. The first-order valence-electron chi connectivity index (χ1n) is 7.99. The zero-order valence-electron chi connectivity index (χ0n) is 15.0. The molecule has 0 aliphatic carbocycles. The summed E-state index contributed by atoms with van der Waals surface area (Å²) in [6.45, 7) is 2.43. The van der Waals surface area contributed by atoms with Crippen molar-refractivity contribution in [3.63, 3.8) is 0 Å². The molecular weight excluding hydrogens is 408 g/mol. The second-order valence-electron chi connectivity index (χ2n) is 6.34. The lowest BCUT2D eigenvalue weighted by molar-refractivity contribution is -0.297. The standard InChI is InChI=1S/C17H15F6N3O3/c1-9(7-13(27)16(18,19)20)24-12-5-3-11(4-6-12)14(28)26-15(29,17(21,22)23)8-10(2)25-26/h3-7,24,29H,8H2,1-2H3. The minimum atomic E-state index is -5.14. The molecule has 1 aliphatic rings. The Balaban J connectivity index is 2.19. The van der Waals surface area contributed by atoms with Gasteiger partial charge in [0.2, 0.25) is 0 Å². The largest absolute Gasteiger partial charge is 0.454 e. The van der Waals surface area contributed by atoms with E-state index in [1.165, 1.54) is 26.0 Å². The summed E-state index contributed by atoms with van der Waals surface area (Å²) >= 11 is 0. The Bertz CT molecular complexity index is 874. The van der Waals surface area contributed by atoms with Crippen LogP contribution in [0.25, 0.3) is 0 Å². The number of carbonyl (C=O) groups is 2. The Morgan fingerprint density at radius 3 is 2.21 bits per heavy atom. The van der Waals surface area contributed by atoms with Gasteiger partial charge < -0.3 is 10.4 Å². The highest BCUT2D eigenvalue weighted by Crippen LogP contribution is 2.40. The number of aliphatic hydroxyl groups is 1. The summed E-state index contributed by atoms with van der Waals surface area (Å²) in [7, 11) is 0. The monoisotopic (exact) mass is 423 g/mol. The molecule has 29 heavy (non-hydrogen) atoms. The van der Waals surface area contributed by atoms with E-state index in [4.69, 9.17) is 0 Å². The van der Waals surface area contributed by atoms with E-state index >= 15 is 0 Å². The van der Waals surface area contributed by atoms with E-state index in [0.717, 1.165) is 12.1 Å². The van der Waals surface area contributed by atoms with Gasteiger partial charge in [0.05, 0.1) is 0 Å². The van der Waals surface area contributed by atoms with Crippen molar-refractivity contribution in [2.45, 2.75) is 38.3 Å². The van der Waals surface area contributed by atoms with Crippen LogP contribution < -0.4 is 5.32 Å². The Kier molecular flexibility index (Phi) is 5.79. The van der Waals surface area contributed by atoms with Crippen LogP contribution in [0.5, 0.6) is 0 Å². The van der Waals surface area contributed by atoms with Crippen LogP contribution in [-0.4, -0.2) is 45.6 Å². The lowest BCUT2D eigenvalue weighted by Crippen LogP contribution is -2.56. The average molecular weight is 423 g/mol. The van der Waals surface area contributed by atoms with E-state index in [2.05, 4.69) is 10.4 Å². The molecule has 1 unspecified atom stereocenters. The van der Waals surface area contributed by atoms with Crippen LogP contribution in [-0.2, 0) is 4.79 Å². The zero-order chi connectivity index (χ0) is 22.2. The van der Waals surface area contributed by atoms with Crippen molar-refractivity contribution < 1.29 is 41.0 Å². The molecule has 0 radical (unpaired) electrons. The molecule has 1 atom stereocenters. The van der Waals surface area contributed by atoms with Crippen molar-refractivity contribution in [3.05, 3.63) is 41.6 Å². The third-order valence-corrected chi connectivity index (χ3v) is 3.87. The van der Waals surface area contributed by atoms with Crippen LogP contribution in [0.3, 0.4) is 0 Å². The molecule has 0 fully saturated rings. The lowest BCUT2D eigenvalue weighted by Gasteiger charge is -2.32. The third-order valence-electron chi connectivity index (χ3n) is 3.87. The van der Waals surface area contributed by atoms with Gasteiger partial charge in [-0.15, -0.1) is 0 Å². The summed E-state index contributed by atoms with van der Waals surface area (Å²) in [6, 6.07) is 4.62. The van der Waals surface area contributed by atoms with Crippen LogP contribution in [0.4, 0.5) is 32.0 Å². The number of hydrogen-bond acceptors (Lipinski definition) is 5. The van der Waals surface area contributed by atoms with Gasteiger partial charge in [-0.1, -0.05) is 0 Å². The van der Waals surface area contributed by atoms with E-state index in [1.807, 2.05) is 0 Å². The van der Waals surface area contributed by atoms with Gasteiger partial charge in [0.25, 0.3) is 17.4 Å². The number of benzene rings is 1. The zero-order valence-corrected chi connectivity index (χ0v) is 15.0. The van der Waals surface area contributed by atoms with Crippen molar-refractivity contribution in [2.75, 3.05) is 5.32 Å². The fraction of sp³-hybridized carbons (Fsp3) is 0.353. The van der Waals surface area contributed by atoms with Crippen molar-refractivity contribution in [2.24, 2.45) is 5.10 Å². The molecule has 1 amide bonds. The maximum atomic E-state index is 13.2. The normalized spacial score (nSPS) is 20.5. The summed E-state index contributed by atoms with van der Waals surface area (Å²) < 4.78 is 76.3. The van der Waals surface area contributed by atoms with Gasteiger partial charge in [0, 0.05) is 35.2 Å². The Hall–Kier alpha value is -2.89. The van der Waals surface area contributed by atoms with Gasteiger partial charge in [-0.05, 0) is 38.1 Å². The van der Waals surface area contributed by atoms with Gasteiger partial charge in [-0.3, -0.25) is 9.59 Å². The Morgan fingerprint density at radius 1 is 1.17 bits per heavy atom. The Morgan fingerprint density at radius 2 is 1.72 bits per heavy atom. The van der Waals surface area contributed by atoms with E-state index in [9.17, 15) is 41.0 Å². The second-order valence-corrected chi connectivity index (χ2v) is 6.34. The predicted molar refractivity (Wildman–Crippen MR) is 89.8 cm³/mol. The van der Waals surface area contributed by atoms with Gasteiger partial charge >= 0.3 is 12.4 Å². The summed E-state index contributed by atoms with van der Waals surface area (Å²) in [5.41, 5.74) is -3.77. The van der Waals surface area contributed by atoms with Crippen LogP contribution >= 0.6 is 0 Å². The number of carbonyl (C=O) groups excluding carboxylic acids is 2. The quantitative estimate of drug-likeness (QED) is 0.573. The Labute approximate surface area is 160 Å². The van der Waals surface area contributed by atoms with Crippen LogP contribution in [0.2, 0.25) is 0 Å². The van der Waals surface area contributed by atoms with E-state index in [1.54, 1.807) is 0 Å². The predicted octanol–water partition coefficient (Wildman–Crippen LogP) is 3.61. The average Bonchev–Trinajstić information content (AvgIpc) is 2.89. The summed E-state index contributed by atoms with van der Waals surface area (Å²) in [5.74, 6) is -3.28. The van der Waals surface area contributed by atoms with E-state index < -0.39 is 36.2 Å². The molecule has 2 rings (SSSR count). The third kappa shape index (κ3) is 4.75. The first-order chi connectivity index (χ1) is 13.1. The molecule has 0 saturated carbocycles. The first kappa shape index (κ1) is 22.4. The number of rotatable bonds is 4. The number of nitrogens with zero attached hydrogens (tertiary/aromatic N) is 2. The SMILES string of the molecule is CC(=CC(=O)C(F)(F)F)Nc1ccc(C(=O)N2N=C(C)CC2(O)C(F)(F)F)cc1. The maximum absolute atomic E-state index is 13.2. The molecule has 0 bridgehead atoms. The number of ketones is 1. The molecule has 1 aromatic carbocycles. The molecule has 0 saturated heterocycles. The minimum absolute atomic E-state index is 0.0437. The van der Waals surface area contributed by atoms with Crippen LogP contribution in [0, 0.1) is 0 Å². The van der Waals surface area contributed by atoms with E-state index in [-0.39, 0.29) is 27.7 Å². The highest BCUT2D eigenvalue weighted by molar-refractivity contribution is 5.98. The van der Waals surface area contributed by atoms with Crippen molar-refractivity contribution in [3.8, 4) is 0 Å². The summed E-state index contributed by atoms with van der Waals surface area (Å²) in [5, 5.41) is 15.9. The molecule has 12 heteroatoms. The molecule has 1 aliphatic heterocycles. The second kappa shape index (κ2) is 7.50. The van der Waals surface area contributed by atoms with Gasteiger partial charge in [-0.2, -0.15) is 36.5 Å². The molecular formula is C17H15F6N3O3. The molecule has 1 aromatic rings. The smallest absolute Gasteiger partial charge is 0.362 e. The molecule has 0 spiro atoms. The van der Waals surface area contributed by atoms with Gasteiger partial charge in [-0.25, -0.2) is 0 Å². The molecule has 1 heterocycles. The van der Waals surface area contributed by atoms with Crippen molar-refractivity contribution >= 4 is 23.1 Å². The molecule has 158 valence electrons. The van der Waals surface area contributed by atoms with E-state index in [0.29, 0.717) is 6.08 Å². The molecule has 2 N–H and O–H groups in total. The fourth-order valence-corrected chi connectivity index (χ4v) is 2.51. The summed E-state index contributed by atoms with van der Waals surface area (Å²) in [4.78, 5) is 23.3. The van der Waals surface area contributed by atoms with Crippen LogP contribution in [0.15, 0.2) is 41.1 Å². The number of alkyl halides is 6. The van der Waals surface area contributed by atoms with Gasteiger partial charge in [0.1, 0.15) is 0 Å². The van der Waals surface area contributed by atoms with Crippen molar-refractivity contribution in [1.82, 2.24) is 5.01 Å². The number of hydrogen-bond donors (Lipinski definition) is 2. The number of nitrogens with one attached hydrogen (secondary N) is 1. The summed E-state index contributed by atoms with van der Waals surface area (Å²) in [6.07, 6.45) is -10.7. The topological polar surface area (TPSA) is 82.0 Å². The molecule has 0 aromatic heterocycles. The number of anilines is 1.